The lowest BCUT2D eigenvalue weighted by molar-refractivity contribution is -0.137. The zero-order valence-electron chi connectivity index (χ0n) is 17.1. The van der Waals surface area contributed by atoms with Crippen molar-refractivity contribution in [3.8, 4) is 11.1 Å². The molecule has 2 amide bonds. The zero-order valence-corrected chi connectivity index (χ0v) is 17.1. The fraction of sp³-hybridized carbons (Fsp3) is 0.348. The first kappa shape index (κ1) is 21.4. The lowest BCUT2D eigenvalue weighted by atomic mass is 9.98. The van der Waals surface area contributed by atoms with Gasteiger partial charge < -0.3 is 20.5 Å². The van der Waals surface area contributed by atoms with Crippen LogP contribution in [0.15, 0.2) is 48.5 Å². The maximum Gasteiger partial charge on any atom is 0.407 e. The Labute approximate surface area is 175 Å². The van der Waals surface area contributed by atoms with Crippen LogP contribution in [0.25, 0.3) is 11.1 Å². The summed E-state index contributed by atoms with van der Waals surface area (Å²) in [5, 5.41) is 13.9. The van der Waals surface area contributed by atoms with Gasteiger partial charge in [-0.05, 0) is 42.5 Å². The molecule has 3 N–H and O–H groups in total. The minimum Gasteiger partial charge on any atom is -0.481 e. The third-order valence-corrected chi connectivity index (χ3v) is 5.25. The van der Waals surface area contributed by atoms with E-state index in [9.17, 15) is 14.4 Å². The number of ether oxygens (including phenoxy) is 1. The number of rotatable bonds is 8. The van der Waals surface area contributed by atoms with Gasteiger partial charge in [0.2, 0.25) is 5.91 Å². The highest BCUT2D eigenvalue weighted by Gasteiger charge is 2.29. The van der Waals surface area contributed by atoms with Crippen LogP contribution in [0, 0.1) is 0 Å². The minimum absolute atomic E-state index is 0.0321. The van der Waals surface area contributed by atoms with E-state index < -0.39 is 18.1 Å². The van der Waals surface area contributed by atoms with Gasteiger partial charge in [0.05, 0.1) is 0 Å². The van der Waals surface area contributed by atoms with Crippen LogP contribution in [-0.2, 0) is 14.3 Å². The number of hydrogen-bond acceptors (Lipinski definition) is 4. The molecular formula is C23H26N2O5. The topological polar surface area (TPSA) is 105 Å². The van der Waals surface area contributed by atoms with Gasteiger partial charge in [-0.25, -0.2) is 4.79 Å². The molecule has 0 spiro atoms. The number of carbonyl (C=O) groups excluding carboxylic acids is 2. The molecule has 0 radical (unpaired) electrons. The summed E-state index contributed by atoms with van der Waals surface area (Å²) in [7, 11) is 0. The van der Waals surface area contributed by atoms with Crippen molar-refractivity contribution in [2.45, 2.75) is 44.7 Å². The molecule has 0 aliphatic heterocycles. The van der Waals surface area contributed by atoms with Gasteiger partial charge in [-0.3, -0.25) is 9.59 Å². The number of carboxylic acid groups (broad SMARTS) is 1. The van der Waals surface area contributed by atoms with E-state index in [0.717, 1.165) is 22.3 Å². The zero-order chi connectivity index (χ0) is 21.7. The lowest BCUT2D eigenvalue weighted by Gasteiger charge is -2.19. The van der Waals surface area contributed by atoms with E-state index in [1.54, 1.807) is 13.8 Å². The molecule has 2 aromatic rings. The molecule has 0 saturated carbocycles. The molecule has 1 aliphatic rings. The van der Waals surface area contributed by atoms with Crippen molar-refractivity contribution >= 4 is 18.0 Å². The molecule has 0 fully saturated rings. The van der Waals surface area contributed by atoms with Gasteiger partial charge in [0.25, 0.3) is 0 Å². The summed E-state index contributed by atoms with van der Waals surface area (Å²) in [6.07, 6.45) is -0.383. The van der Waals surface area contributed by atoms with E-state index >= 15 is 0 Å². The first-order chi connectivity index (χ1) is 14.4. The molecule has 2 atom stereocenters. The Morgan fingerprint density at radius 3 is 2.10 bits per heavy atom. The molecule has 0 aromatic heterocycles. The van der Waals surface area contributed by atoms with Crippen molar-refractivity contribution < 1.29 is 24.2 Å². The molecular weight excluding hydrogens is 384 g/mol. The number of aliphatic carboxylic acids is 1. The van der Waals surface area contributed by atoms with E-state index in [4.69, 9.17) is 9.84 Å². The molecule has 3 rings (SSSR count). The first-order valence-corrected chi connectivity index (χ1v) is 10.0. The predicted molar refractivity (Wildman–Crippen MR) is 112 cm³/mol. The fourth-order valence-electron chi connectivity index (χ4n) is 3.66. The second-order valence-corrected chi connectivity index (χ2v) is 7.53. The summed E-state index contributed by atoms with van der Waals surface area (Å²) in [4.78, 5) is 35.1. The first-order valence-electron chi connectivity index (χ1n) is 10.0. The summed E-state index contributed by atoms with van der Waals surface area (Å²) in [5.74, 6) is -1.36. The highest BCUT2D eigenvalue weighted by Crippen LogP contribution is 2.44. The average Bonchev–Trinajstić information content (AvgIpc) is 3.04. The number of amides is 2. The van der Waals surface area contributed by atoms with Crippen LogP contribution in [0.4, 0.5) is 4.79 Å². The number of hydrogen-bond donors (Lipinski definition) is 3. The lowest BCUT2D eigenvalue weighted by Crippen LogP contribution is -2.47. The minimum atomic E-state index is -0.916. The summed E-state index contributed by atoms with van der Waals surface area (Å²) < 4.78 is 5.44. The van der Waals surface area contributed by atoms with Gasteiger partial charge in [-0.15, -0.1) is 0 Å². The van der Waals surface area contributed by atoms with Crippen molar-refractivity contribution in [1.82, 2.24) is 10.6 Å². The standard InChI is InChI=1S/C23H26N2O5/c1-14(11-12-21(26)27)24-22(28)15(2)25-23(29)30-13-20-18-9-5-3-7-16(18)17-8-4-6-10-19(17)20/h3-10,14-15,20H,11-13H2,1-2H3,(H,24,28)(H,25,29)(H,26,27). The molecule has 158 valence electrons. The van der Waals surface area contributed by atoms with Gasteiger partial charge in [-0.2, -0.15) is 0 Å². The van der Waals surface area contributed by atoms with Crippen molar-refractivity contribution in [2.75, 3.05) is 6.61 Å². The van der Waals surface area contributed by atoms with Crippen LogP contribution in [0.1, 0.15) is 43.7 Å². The maximum absolute atomic E-state index is 12.2. The Balaban J connectivity index is 1.53. The van der Waals surface area contributed by atoms with Gasteiger partial charge >= 0.3 is 12.1 Å². The van der Waals surface area contributed by atoms with Gasteiger partial charge in [0.1, 0.15) is 12.6 Å². The third-order valence-electron chi connectivity index (χ3n) is 5.25. The average molecular weight is 410 g/mol. The Morgan fingerprint density at radius 2 is 1.53 bits per heavy atom. The van der Waals surface area contributed by atoms with E-state index in [0.29, 0.717) is 6.42 Å². The van der Waals surface area contributed by atoms with Gasteiger partial charge in [0.15, 0.2) is 0 Å². The molecule has 7 nitrogen and oxygen atoms in total. The quantitative estimate of drug-likeness (QED) is 0.619. The normalized spacial score (nSPS) is 14.2. The van der Waals surface area contributed by atoms with Crippen LogP contribution in [0.2, 0.25) is 0 Å². The summed E-state index contributed by atoms with van der Waals surface area (Å²) in [5.41, 5.74) is 4.52. The number of carboxylic acids is 1. The van der Waals surface area contributed by atoms with Crippen molar-refractivity contribution in [3.63, 3.8) is 0 Å². The van der Waals surface area contributed by atoms with Crippen molar-refractivity contribution in [1.29, 1.82) is 0 Å². The van der Waals surface area contributed by atoms with Crippen LogP contribution >= 0.6 is 0 Å². The molecule has 0 bridgehead atoms. The monoisotopic (exact) mass is 410 g/mol. The number of alkyl carbamates (subject to hydrolysis) is 1. The molecule has 1 aliphatic carbocycles. The second-order valence-electron chi connectivity index (χ2n) is 7.53. The molecule has 0 heterocycles. The number of benzene rings is 2. The van der Waals surface area contributed by atoms with Crippen LogP contribution in [-0.4, -0.2) is 41.8 Å². The SMILES string of the molecule is CC(CCC(=O)O)NC(=O)C(C)NC(=O)OCC1c2ccccc2-c2ccccc21. The predicted octanol–water partition coefficient (Wildman–Crippen LogP) is 3.28. The fourth-order valence-corrected chi connectivity index (χ4v) is 3.66. The van der Waals surface area contributed by atoms with Crippen LogP contribution < -0.4 is 10.6 Å². The summed E-state index contributed by atoms with van der Waals surface area (Å²) >= 11 is 0. The van der Waals surface area contributed by atoms with Crippen molar-refractivity contribution in [3.05, 3.63) is 59.7 Å². The number of fused-ring (bicyclic) bond motifs is 3. The number of nitrogens with one attached hydrogen (secondary N) is 2. The van der Waals surface area contributed by atoms with Gasteiger partial charge in [-0.1, -0.05) is 48.5 Å². The third kappa shape index (κ3) is 4.97. The van der Waals surface area contributed by atoms with Gasteiger partial charge in [0, 0.05) is 18.4 Å². The largest absolute Gasteiger partial charge is 0.481 e. The molecule has 2 aromatic carbocycles. The maximum atomic E-state index is 12.2. The molecule has 7 heteroatoms. The summed E-state index contributed by atoms with van der Waals surface area (Å²) in [6.45, 7) is 3.45. The van der Waals surface area contributed by atoms with Crippen LogP contribution in [0.3, 0.4) is 0 Å². The second kappa shape index (κ2) is 9.43. The number of carbonyl (C=O) groups is 3. The molecule has 0 saturated heterocycles. The van der Waals surface area contributed by atoms with E-state index in [1.165, 1.54) is 0 Å². The van der Waals surface area contributed by atoms with E-state index in [1.807, 2.05) is 36.4 Å². The highest BCUT2D eigenvalue weighted by atomic mass is 16.5. The molecule has 30 heavy (non-hydrogen) atoms. The Kier molecular flexibility index (Phi) is 6.72. The summed E-state index contributed by atoms with van der Waals surface area (Å²) in [6, 6.07) is 15.0. The van der Waals surface area contributed by atoms with E-state index in [2.05, 4.69) is 22.8 Å². The van der Waals surface area contributed by atoms with Crippen LogP contribution in [0.5, 0.6) is 0 Å². The van der Waals surface area contributed by atoms with Crippen molar-refractivity contribution in [2.24, 2.45) is 0 Å². The molecule has 2 unspecified atom stereocenters. The Bertz CT molecular complexity index is 897. The van der Waals surface area contributed by atoms with E-state index in [-0.39, 0.29) is 30.9 Å². The highest BCUT2D eigenvalue weighted by molar-refractivity contribution is 5.85. The Hall–Kier alpha value is -3.35. The Morgan fingerprint density at radius 1 is 0.967 bits per heavy atom. The smallest absolute Gasteiger partial charge is 0.407 e.